The summed E-state index contributed by atoms with van der Waals surface area (Å²) in [5, 5.41) is 4.12. The molecule has 0 saturated heterocycles. The molecule has 0 saturated carbocycles. The summed E-state index contributed by atoms with van der Waals surface area (Å²) in [7, 11) is 0. The molecule has 6 nitrogen and oxygen atoms in total. The fourth-order valence-corrected chi connectivity index (χ4v) is 3.46. The van der Waals surface area contributed by atoms with Gasteiger partial charge in [0.2, 0.25) is 0 Å². The van der Waals surface area contributed by atoms with Crippen molar-refractivity contribution < 1.29 is 9.59 Å². The quantitative estimate of drug-likeness (QED) is 0.315. The highest BCUT2D eigenvalue weighted by Gasteiger charge is 2.18. The van der Waals surface area contributed by atoms with Crippen molar-refractivity contribution in [2.45, 2.75) is 6.54 Å². The Labute approximate surface area is 129 Å². The molecule has 0 unspecified atom stereocenters. The van der Waals surface area contributed by atoms with E-state index in [0.717, 1.165) is 21.9 Å². The second-order valence-electron chi connectivity index (χ2n) is 4.58. The number of fused-ring (bicyclic) bond motifs is 1. The molecule has 0 aliphatic carbocycles. The Morgan fingerprint density at radius 2 is 2.14 bits per heavy atom. The molecule has 1 aromatic carbocycles. The van der Waals surface area contributed by atoms with E-state index in [1.54, 1.807) is 22.9 Å². The number of thiophene rings is 1. The fraction of sp³-hybridized carbons (Fsp3) is 0.0667. The summed E-state index contributed by atoms with van der Waals surface area (Å²) in [6.45, 7) is 0.368. The van der Waals surface area contributed by atoms with E-state index in [-0.39, 0.29) is 0 Å². The zero-order valence-corrected chi connectivity index (χ0v) is 12.2. The minimum absolute atomic E-state index is 0.368. The van der Waals surface area contributed by atoms with Gasteiger partial charge in [0.05, 0.1) is 10.6 Å². The molecule has 3 rings (SSSR count). The number of carbonyl (C=O) groups is 2. The maximum atomic E-state index is 12.0. The Bertz CT molecular complexity index is 919. The lowest BCUT2D eigenvalue weighted by Crippen LogP contribution is -2.05. The van der Waals surface area contributed by atoms with Gasteiger partial charge in [-0.25, -0.2) is 0 Å². The summed E-state index contributed by atoms with van der Waals surface area (Å²) in [5.74, 6) is -0.599. The molecule has 22 heavy (non-hydrogen) atoms. The molecule has 7 heteroatoms. The predicted molar refractivity (Wildman–Crippen MR) is 84.2 cm³/mol. The lowest BCUT2D eigenvalue weighted by molar-refractivity contribution is 0.100. The molecule has 0 N–H and O–H groups in total. The number of amides is 1. The van der Waals surface area contributed by atoms with Gasteiger partial charge in [0.15, 0.2) is 6.29 Å². The van der Waals surface area contributed by atoms with E-state index in [1.807, 2.05) is 24.3 Å². The van der Waals surface area contributed by atoms with Crippen LogP contribution in [0, 0.1) is 0 Å². The molecule has 2 heterocycles. The summed E-state index contributed by atoms with van der Waals surface area (Å²) in [6, 6.07) is 11.1. The van der Waals surface area contributed by atoms with Crippen LogP contribution in [0.5, 0.6) is 0 Å². The van der Waals surface area contributed by atoms with Crippen LogP contribution in [0.15, 0.2) is 47.7 Å². The third kappa shape index (κ3) is 2.39. The minimum atomic E-state index is -0.599. The number of carbonyl (C=O) groups excluding carboxylic acids is 2. The molecule has 0 fully saturated rings. The summed E-state index contributed by atoms with van der Waals surface area (Å²) >= 11 is 1.29. The molecular weight excluding hydrogens is 300 g/mol. The molecule has 0 atom stereocenters. The van der Waals surface area contributed by atoms with Crippen molar-refractivity contribution in [1.29, 1.82) is 0 Å². The Kier molecular flexibility index (Phi) is 3.74. The highest BCUT2D eigenvalue weighted by Crippen LogP contribution is 2.32. The van der Waals surface area contributed by atoms with Gasteiger partial charge >= 0.3 is 0 Å². The monoisotopic (exact) mass is 310 g/mol. The van der Waals surface area contributed by atoms with Crippen molar-refractivity contribution >= 4 is 33.6 Å². The fourth-order valence-electron chi connectivity index (χ4n) is 2.36. The zero-order valence-electron chi connectivity index (χ0n) is 11.3. The van der Waals surface area contributed by atoms with Gasteiger partial charge in [-0.2, -0.15) is 0 Å². The van der Waals surface area contributed by atoms with Gasteiger partial charge in [-0.3, -0.25) is 9.59 Å². The number of nitrogens with zero attached hydrogens (tertiary/aromatic N) is 4. The van der Waals surface area contributed by atoms with Crippen molar-refractivity contribution in [3.05, 3.63) is 69.2 Å². The number of hydrogen-bond donors (Lipinski definition) is 0. The third-order valence-electron chi connectivity index (χ3n) is 3.34. The molecule has 1 amide bonds. The lowest BCUT2D eigenvalue weighted by Gasteiger charge is -2.06. The van der Waals surface area contributed by atoms with Gasteiger partial charge in [0.1, 0.15) is 0 Å². The van der Waals surface area contributed by atoms with Crippen LogP contribution in [0.2, 0.25) is 0 Å². The van der Waals surface area contributed by atoms with Crippen LogP contribution in [0.4, 0.5) is 0 Å². The highest BCUT2D eigenvalue weighted by atomic mass is 32.1. The molecule has 0 bridgehead atoms. The van der Waals surface area contributed by atoms with Gasteiger partial charge in [0, 0.05) is 27.9 Å². The minimum Gasteiger partial charge on any atom is -0.341 e. The van der Waals surface area contributed by atoms with E-state index < -0.39 is 5.91 Å². The Hall–Kier alpha value is -2.89. The molecule has 108 valence electrons. The van der Waals surface area contributed by atoms with Gasteiger partial charge in [0.25, 0.3) is 5.91 Å². The first-order valence-electron chi connectivity index (χ1n) is 6.44. The van der Waals surface area contributed by atoms with Gasteiger partial charge in [-0.15, -0.1) is 11.3 Å². The first-order chi connectivity index (χ1) is 10.7. The van der Waals surface area contributed by atoms with Crippen LogP contribution in [-0.4, -0.2) is 16.8 Å². The van der Waals surface area contributed by atoms with Crippen LogP contribution < -0.4 is 0 Å². The normalized spacial score (nSPS) is 10.4. The maximum absolute atomic E-state index is 12.0. The van der Waals surface area contributed by atoms with Gasteiger partial charge < -0.3 is 4.57 Å². The van der Waals surface area contributed by atoms with Crippen LogP contribution in [0.25, 0.3) is 20.5 Å². The molecule has 0 spiro atoms. The van der Waals surface area contributed by atoms with E-state index in [9.17, 15) is 9.59 Å². The SMILES string of the molecule is [N-]=[N+]=NC(=O)c1sc2ccccc2c1Cn1cccc1C=O. The molecule has 3 aromatic rings. The van der Waals surface area contributed by atoms with E-state index in [1.165, 1.54) is 11.3 Å². The molecule has 0 aliphatic rings. The van der Waals surface area contributed by atoms with Crippen molar-refractivity contribution in [1.82, 2.24) is 4.57 Å². The number of aromatic nitrogens is 1. The van der Waals surface area contributed by atoms with Crippen molar-refractivity contribution in [2.24, 2.45) is 5.11 Å². The standard InChI is InChI=1S/C15H10N4O2S/c16-18-17-15(21)14-12(8-19-7-3-4-10(19)9-20)11-5-1-2-6-13(11)22-14/h1-7,9H,8H2. The maximum Gasteiger partial charge on any atom is 0.259 e. The predicted octanol–water partition coefficient (Wildman–Crippen LogP) is 4.01. The lowest BCUT2D eigenvalue weighted by atomic mass is 10.1. The van der Waals surface area contributed by atoms with Gasteiger partial charge in [-0.05, 0) is 34.2 Å². The Morgan fingerprint density at radius 3 is 2.91 bits per heavy atom. The van der Waals surface area contributed by atoms with Crippen LogP contribution in [0.1, 0.15) is 25.7 Å². The average molecular weight is 310 g/mol. The smallest absolute Gasteiger partial charge is 0.259 e. The Balaban J connectivity index is 2.17. The van der Waals surface area contributed by atoms with E-state index in [2.05, 4.69) is 10.0 Å². The van der Waals surface area contributed by atoms with Crippen LogP contribution in [0.3, 0.4) is 0 Å². The first kappa shape index (κ1) is 14.1. The van der Waals surface area contributed by atoms with Crippen molar-refractivity contribution in [3.63, 3.8) is 0 Å². The van der Waals surface area contributed by atoms with Crippen LogP contribution >= 0.6 is 11.3 Å². The highest BCUT2D eigenvalue weighted by molar-refractivity contribution is 7.21. The number of aldehydes is 1. The number of benzene rings is 1. The van der Waals surface area contributed by atoms with Gasteiger partial charge in [-0.1, -0.05) is 18.2 Å². The van der Waals surface area contributed by atoms with Crippen LogP contribution in [-0.2, 0) is 6.54 Å². The third-order valence-corrected chi connectivity index (χ3v) is 4.54. The zero-order chi connectivity index (χ0) is 15.5. The molecule has 0 radical (unpaired) electrons. The topological polar surface area (TPSA) is 87.8 Å². The summed E-state index contributed by atoms with van der Waals surface area (Å²) in [5.41, 5.74) is 9.78. The summed E-state index contributed by atoms with van der Waals surface area (Å²) in [4.78, 5) is 26.1. The van der Waals surface area contributed by atoms with Crippen molar-refractivity contribution in [3.8, 4) is 0 Å². The number of hydrogen-bond acceptors (Lipinski definition) is 3. The summed E-state index contributed by atoms with van der Waals surface area (Å²) < 4.78 is 2.70. The molecule has 2 aromatic heterocycles. The molecule has 0 aliphatic heterocycles. The summed E-state index contributed by atoms with van der Waals surface area (Å²) in [6.07, 6.45) is 2.54. The number of azide groups is 1. The largest absolute Gasteiger partial charge is 0.341 e. The molecular formula is C15H10N4O2S. The average Bonchev–Trinajstić information content (AvgIpc) is 3.13. The Morgan fingerprint density at radius 1 is 1.32 bits per heavy atom. The second-order valence-corrected chi connectivity index (χ2v) is 5.63. The van der Waals surface area contributed by atoms with E-state index >= 15 is 0 Å². The van der Waals surface area contributed by atoms with Crippen molar-refractivity contribution in [2.75, 3.05) is 0 Å². The first-order valence-corrected chi connectivity index (χ1v) is 7.26. The van der Waals surface area contributed by atoms with E-state index in [0.29, 0.717) is 17.1 Å². The number of rotatable bonds is 4. The second kappa shape index (κ2) is 5.85. The van der Waals surface area contributed by atoms with E-state index in [4.69, 9.17) is 5.53 Å².